The topological polar surface area (TPSA) is 29.3 Å². The third-order valence-electron chi connectivity index (χ3n) is 3.32. The fraction of sp³-hybridized carbons (Fsp3) is 1.00. The molecular formula is C8H16N2. The van der Waals surface area contributed by atoms with Gasteiger partial charge in [-0.25, -0.2) is 0 Å². The minimum absolute atomic E-state index is 0.512. The lowest BCUT2D eigenvalue weighted by molar-refractivity contribution is 0.106. The van der Waals surface area contributed by atoms with E-state index in [1.807, 2.05) is 0 Å². The molecule has 0 aromatic rings. The van der Waals surface area contributed by atoms with Crippen LogP contribution in [0.3, 0.4) is 0 Å². The van der Waals surface area contributed by atoms with Gasteiger partial charge in [0.25, 0.3) is 0 Å². The highest BCUT2D eigenvalue weighted by atomic mass is 15.1. The van der Waals surface area contributed by atoms with Crippen molar-refractivity contribution in [2.24, 2.45) is 11.1 Å². The molecule has 2 rings (SSSR count). The quantitative estimate of drug-likeness (QED) is 0.528. The Kier molecular flexibility index (Phi) is 1.29. The Balaban J connectivity index is 2.04. The number of nitrogens with zero attached hydrogens (tertiary/aromatic N) is 1. The Labute approximate surface area is 62.4 Å². The molecule has 0 aromatic heterocycles. The second kappa shape index (κ2) is 1.95. The fourth-order valence-electron chi connectivity index (χ4n) is 2.34. The highest BCUT2D eigenvalue weighted by Gasteiger charge is 2.47. The average Bonchev–Trinajstić information content (AvgIpc) is 2.31. The van der Waals surface area contributed by atoms with E-state index >= 15 is 0 Å². The number of hydrogen-bond donors (Lipinski definition) is 1. The summed E-state index contributed by atoms with van der Waals surface area (Å²) in [4.78, 5) is 2.40. The predicted octanol–water partition coefficient (Wildman–Crippen LogP) is 0.429. The zero-order chi connectivity index (χ0) is 7.19. The largest absolute Gasteiger partial charge is 0.327 e. The summed E-state index contributed by atoms with van der Waals surface area (Å²) in [5.74, 6) is 0. The Morgan fingerprint density at radius 3 is 2.50 bits per heavy atom. The van der Waals surface area contributed by atoms with Gasteiger partial charge in [-0.1, -0.05) is 0 Å². The van der Waals surface area contributed by atoms with Crippen LogP contribution in [0.1, 0.15) is 19.3 Å². The lowest BCUT2D eigenvalue weighted by atomic mass is 9.64. The van der Waals surface area contributed by atoms with Crippen LogP contribution < -0.4 is 5.73 Å². The lowest BCUT2D eigenvalue weighted by Gasteiger charge is -2.44. The zero-order valence-electron chi connectivity index (χ0n) is 6.64. The molecule has 1 heterocycles. The zero-order valence-corrected chi connectivity index (χ0v) is 6.64. The van der Waals surface area contributed by atoms with E-state index in [4.69, 9.17) is 5.73 Å². The molecule has 1 spiro atoms. The van der Waals surface area contributed by atoms with Crippen LogP contribution in [0.2, 0.25) is 0 Å². The van der Waals surface area contributed by atoms with E-state index in [2.05, 4.69) is 11.9 Å². The minimum atomic E-state index is 0.512. The SMILES string of the molecule is CN1CC[C@@]2(CCC2N)C1. The van der Waals surface area contributed by atoms with Crippen LogP contribution in [0.4, 0.5) is 0 Å². The van der Waals surface area contributed by atoms with Gasteiger partial charge in [-0.15, -0.1) is 0 Å². The molecule has 2 nitrogen and oxygen atoms in total. The van der Waals surface area contributed by atoms with Gasteiger partial charge in [0.05, 0.1) is 0 Å². The van der Waals surface area contributed by atoms with Crippen molar-refractivity contribution in [1.82, 2.24) is 4.90 Å². The molecule has 1 aliphatic heterocycles. The molecule has 0 aromatic carbocycles. The van der Waals surface area contributed by atoms with E-state index in [0.717, 1.165) is 0 Å². The number of rotatable bonds is 0. The molecule has 2 atom stereocenters. The van der Waals surface area contributed by atoms with Crippen molar-refractivity contribution in [3.63, 3.8) is 0 Å². The van der Waals surface area contributed by atoms with Gasteiger partial charge in [0, 0.05) is 12.6 Å². The molecule has 1 aliphatic carbocycles. The van der Waals surface area contributed by atoms with Gasteiger partial charge < -0.3 is 10.6 Å². The molecule has 0 radical (unpaired) electrons. The fourth-order valence-corrected chi connectivity index (χ4v) is 2.34. The van der Waals surface area contributed by atoms with Gasteiger partial charge in [-0.3, -0.25) is 0 Å². The van der Waals surface area contributed by atoms with Crippen LogP contribution in [-0.4, -0.2) is 31.1 Å². The predicted molar refractivity (Wildman–Crippen MR) is 41.8 cm³/mol. The summed E-state index contributed by atoms with van der Waals surface area (Å²) >= 11 is 0. The Bertz CT molecular complexity index is 146. The van der Waals surface area contributed by atoms with Crippen LogP contribution >= 0.6 is 0 Å². The van der Waals surface area contributed by atoms with E-state index in [0.29, 0.717) is 11.5 Å². The summed E-state index contributed by atoms with van der Waals surface area (Å²) in [6, 6.07) is 0.512. The third-order valence-corrected chi connectivity index (χ3v) is 3.32. The second-order valence-corrected chi connectivity index (χ2v) is 4.00. The standard InChI is InChI=1S/C8H16N2/c1-10-5-4-8(6-10)3-2-7(8)9/h7H,2-6,9H2,1H3/t7?,8-/m0/s1. The van der Waals surface area contributed by atoms with E-state index in [1.54, 1.807) is 0 Å². The van der Waals surface area contributed by atoms with Crippen molar-refractivity contribution >= 4 is 0 Å². The first kappa shape index (κ1) is 6.62. The van der Waals surface area contributed by atoms with Crippen molar-refractivity contribution in [2.45, 2.75) is 25.3 Å². The molecule has 2 fully saturated rings. The number of likely N-dealkylation sites (tertiary alicyclic amines) is 1. The maximum atomic E-state index is 5.95. The van der Waals surface area contributed by atoms with Gasteiger partial charge in [-0.2, -0.15) is 0 Å². The summed E-state index contributed by atoms with van der Waals surface area (Å²) in [6.45, 7) is 2.50. The van der Waals surface area contributed by atoms with E-state index in [1.165, 1.54) is 32.4 Å². The Morgan fingerprint density at radius 2 is 2.30 bits per heavy atom. The Hall–Kier alpha value is -0.0800. The molecule has 2 N–H and O–H groups in total. The highest BCUT2D eigenvalue weighted by molar-refractivity contribution is 5.03. The van der Waals surface area contributed by atoms with Crippen molar-refractivity contribution in [3.05, 3.63) is 0 Å². The highest BCUT2D eigenvalue weighted by Crippen LogP contribution is 2.46. The summed E-state index contributed by atoms with van der Waals surface area (Å²) in [6.07, 6.45) is 3.97. The summed E-state index contributed by atoms with van der Waals surface area (Å²) in [5, 5.41) is 0. The molecule has 0 bridgehead atoms. The molecule has 1 saturated heterocycles. The van der Waals surface area contributed by atoms with E-state index in [-0.39, 0.29) is 0 Å². The van der Waals surface area contributed by atoms with Crippen LogP contribution in [0.5, 0.6) is 0 Å². The van der Waals surface area contributed by atoms with Crippen molar-refractivity contribution < 1.29 is 0 Å². The first-order valence-corrected chi connectivity index (χ1v) is 4.17. The summed E-state index contributed by atoms with van der Waals surface area (Å²) < 4.78 is 0. The molecule has 2 aliphatic rings. The maximum Gasteiger partial charge on any atom is 0.0108 e. The van der Waals surface area contributed by atoms with Gasteiger partial charge in [0.1, 0.15) is 0 Å². The van der Waals surface area contributed by atoms with Gasteiger partial charge >= 0.3 is 0 Å². The van der Waals surface area contributed by atoms with Gasteiger partial charge in [0.15, 0.2) is 0 Å². The first-order valence-electron chi connectivity index (χ1n) is 4.17. The average molecular weight is 140 g/mol. The van der Waals surface area contributed by atoms with Crippen molar-refractivity contribution in [3.8, 4) is 0 Å². The minimum Gasteiger partial charge on any atom is -0.327 e. The lowest BCUT2D eigenvalue weighted by Crippen LogP contribution is -2.51. The molecule has 1 saturated carbocycles. The molecule has 58 valence electrons. The smallest absolute Gasteiger partial charge is 0.0108 e. The van der Waals surface area contributed by atoms with Crippen LogP contribution in [0.25, 0.3) is 0 Å². The Morgan fingerprint density at radius 1 is 1.50 bits per heavy atom. The van der Waals surface area contributed by atoms with Crippen LogP contribution in [0.15, 0.2) is 0 Å². The summed E-state index contributed by atoms with van der Waals surface area (Å²) in [5.41, 5.74) is 6.50. The molecular weight excluding hydrogens is 124 g/mol. The number of nitrogens with two attached hydrogens (primary N) is 1. The normalized spacial score (nSPS) is 48.0. The van der Waals surface area contributed by atoms with Crippen LogP contribution in [-0.2, 0) is 0 Å². The third kappa shape index (κ3) is 0.722. The van der Waals surface area contributed by atoms with Gasteiger partial charge in [-0.05, 0) is 38.3 Å². The molecule has 0 amide bonds. The first-order chi connectivity index (χ1) is 4.73. The molecule has 2 heteroatoms. The monoisotopic (exact) mass is 140 g/mol. The van der Waals surface area contributed by atoms with Gasteiger partial charge in [0.2, 0.25) is 0 Å². The summed E-state index contributed by atoms with van der Waals surface area (Å²) in [7, 11) is 2.19. The van der Waals surface area contributed by atoms with E-state index < -0.39 is 0 Å². The van der Waals surface area contributed by atoms with Crippen molar-refractivity contribution in [2.75, 3.05) is 20.1 Å². The second-order valence-electron chi connectivity index (χ2n) is 4.00. The number of hydrogen-bond acceptors (Lipinski definition) is 2. The van der Waals surface area contributed by atoms with Crippen molar-refractivity contribution in [1.29, 1.82) is 0 Å². The molecule has 1 unspecified atom stereocenters. The van der Waals surface area contributed by atoms with E-state index in [9.17, 15) is 0 Å². The van der Waals surface area contributed by atoms with Crippen LogP contribution in [0, 0.1) is 5.41 Å². The maximum absolute atomic E-state index is 5.95. The molecule has 10 heavy (non-hydrogen) atoms.